The van der Waals surface area contributed by atoms with Crippen LogP contribution in [0.2, 0.25) is 5.02 Å². The maximum Gasteiger partial charge on any atom is 0.245 e. The van der Waals surface area contributed by atoms with Crippen LogP contribution in [0.5, 0.6) is 0 Å². The summed E-state index contributed by atoms with van der Waals surface area (Å²) in [6, 6.07) is 10.2. The number of rotatable bonds is 5. The minimum atomic E-state index is -3.62. The zero-order valence-corrected chi connectivity index (χ0v) is 16.2. The number of nitrogens with one attached hydrogen (secondary N) is 1. The summed E-state index contributed by atoms with van der Waals surface area (Å²) in [7, 11) is -3.62. The van der Waals surface area contributed by atoms with Gasteiger partial charge in [0, 0.05) is 10.7 Å². The van der Waals surface area contributed by atoms with E-state index in [0.29, 0.717) is 16.4 Å². The Balaban J connectivity index is 2.25. The molecule has 5 nitrogen and oxygen atoms in total. The molecule has 134 valence electrons. The maximum atomic E-state index is 12.5. The van der Waals surface area contributed by atoms with E-state index in [4.69, 9.17) is 11.6 Å². The van der Waals surface area contributed by atoms with E-state index in [1.165, 1.54) is 0 Å². The molecular weight excluding hydrogens is 360 g/mol. The molecule has 0 fully saturated rings. The van der Waals surface area contributed by atoms with Gasteiger partial charge in [-0.05, 0) is 56.2 Å². The van der Waals surface area contributed by atoms with Crippen molar-refractivity contribution in [3.8, 4) is 0 Å². The number of halogens is 1. The topological polar surface area (TPSA) is 66.5 Å². The number of hydrogen-bond donors (Lipinski definition) is 1. The van der Waals surface area contributed by atoms with Gasteiger partial charge in [0.1, 0.15) is 6.54 Å². The fourth-order valence-electron chi connectivity index (χ4n) is 2.69. The van der Waals surface area contributed by atoms with Gasteiger partial charge in [0.2, 0.25) is 15.9 Å². The van der Waals surface area contributed by atoms with Crippen LogP contribution in [0.3, 0.4) is 0 Å². The van der Waals surface area contributed by atoms with Gasteiger partial charge in [0.25, 0.3) is 0 Å². The molecule has 0 bridgehead atoms. The van der Waals surface area contributed by atoms with Gasteiger partial charge in [-0.1, -0.05) is 29.3 Å². The molecule has 1 N–H and O–H groups in total. The zero-order chi connectivity index (χ0) is 18.8. The third-order valence-electron chi connectivity index (χ3n) is 3.74. The first kappa shape index (κ1) is 19.3. The summed E-state index contributed by atoms with van der Waals surface area (Å²) in [4.78, 5) is 12.5. The van der Waals surface area contributed by atoms with E-state index in [2.05, 4.69) is 5.32 Å². The summed E-state index contributed by atoms with van der Waals surface area (Å²) in [6.45, 7) is 5.48. The smallest absolute Gasteiger partial charge is 0.245 e. The number of anilines is 2. The molecule has 0 aliphatic rings. The Bertz CT molecular complexity index is 870. The summed E-state index contributed by atoms with van der Waals surface area (Å²) < 4.78 is 25.2. The van der Waals surface area contributed by atoms with E-state index in [0.717, 1.165) is 27.3 Å². The largest absolute Gasteiger partial charge is 0.324 e. The number of sulfonamides is 1. The molecule has 7 heteroatoms. The van der Waals surface area contributed by atoms with E-state index >= 15 is 0 Å². The highest BCUT2D eigenvalue weighted by Gasteiger charge is 2.21. The van der Waals surface area contributed by atoms with Gasteiger partial charge in [0.05, 0.1) is 11.9 Å². The Morgan fingerprint density at radius 1 is 1.08 bits per heavy atom. The number of carbonyl (C=O) groups excluding carboxylic acids is 1. The highest BCUT2D eigenvalue weighted by atomic mass is 35.5. The van der Waals surface area contributed by atoms with Gasteiger partial charge in [0.15, 0.2) is 0 Å². The minimum absolute atomic E-state index is 0.312. The highest BCUT2D eigenvalue weighted by Crippen LogP contribution is 2.23. The van der Waals surface area contributed by atoms with Crippen molar-refractivity contribution >= 4 is 38.9 Å². The van der Waals surface area contributed by atoms with Crippen LogP contribution in [0.4, 0.5) is 11.4 Å². The quantitative estimate of drug-likeness (QED) is 0.860. The van der Waals surface area contributed by atoms with Gasteiger partial charge in [-0.3, -0.25) is 9.10 Å². The second kappa shape index (κ2) is 7.45. The third kappa shape index (κ3) is 4.96. The number of nitrogens with zero attached hydrogens (tertiary/aromatic N) is 1. The Morgan fingerprint density at radius 3 is 2.08 bits per heavy atom. The molecule has 0 radical (unpaired) electrons. The summed E-state index contributed by atoms with van der Waals surface area (Å²) in [5.74, 6) is -0.407. The third-order valence-corrected chi connectivity index (χ3v) is 5.14. The fraction of sp³-hybridized carbons (Fsp3) is 0.278. The molecule has 0 aliphatic carbocycles. The lowest BCUT2D eigenvalue weighted by Gasteiger charge is -2.22. The maximum absolute atomic E-state index is 12.5. The van der Waals surface area contributed by atoms with Crippen molar-refractivity contribution in [2.24, 2.45) is 0 Å². The number of amides is 1. The van der Waals surface area contributed by atoms with Crippen LogP contribution in [-0.4, -0.2) is 27.1 Å². The van der Waals surface area contributed by atoms with Crippen molar-refractivity contribution in [2.45, 2.75) is 20.8 Å². The second-order valence-electron chi connectivity index (χ2n) is 6.07. The summed E-state index contributed by atoms with van der Waals surface area (Å²) in [5.41, 5.74) is 4.07. The van der Waals surface area contributed by atoms with E-state index in [9.17, 15) is 13.2 Å². The lowest BCUT2D eigenvalue weighted by atomic mass is 10.1. The molecule has 0 atom stereocenters. The highest BCUT2D eigenvalue weighted by molar-refractivity contribution is 7.92. The fourth-order valence-corrected chi connectivity index (χ4v) is 3.68. The lowest BCUT2D eigenvalue weighted by Crippen LogP contribution is -2.37. The Kier molecular flexibility index (Phi) is 5.75. The van der Waals surface area contributed by atoms with Crippen molar-refractivity contribution in [1.29, 1.82) is 0 Å². The van der Waals surface area contributed by atoms with Crippen molar-refractivity contribution in [3.05, 3.63) is 58.1 Å². The van der Waals surface area contributed by atoms with Crippen LogP contribution >= 0.6 is 11.6 Å². The predicted octanol–water partition coefficient (Wildman–Crippen LogP) is 3.67. The van der Waals surface area contributed by atoms with Crippen molar-refractivity contribution in [2.75, 3.05) is 22.4 Å². The monoisotopic (exact) mass is 380 g/mol. The summed E-state index contributed by atoms with van der Waals surface area (Å²) >= 11 is 5.84. The van der Waals surface area contributed by atoms with Crippen LogP contribution in [-0.2, 0) is 14.8 Å². The van der Waals surface area contributed by atoms with Crippen LogP contribution in [0.1, 0.15) is 16.7 Å². The minimum Gasteiger partial charge on any atom is -0.324 e. The number of benzene rings is 2. The van der Waals surface area contributed by atoms with Gasteiger partial charge >= 0.3 is 0 Å². The van der Waals surface area contributed by atoms with Crippen LogP contribution in [0, 0.1) is 20.8 Å². The lowest BCUT2D eigenvalue weighted by molar-refractivity contribution is -0.114. The molecule has 25 heavy (non-hydrogen) atoms. The Hall–Kier alpha value is -2.05. The van der Waals surface area contributed by atoms with Crippen LogP contribution in [0.15, 0.2) is 36.4 Å². The molecule has 0 saturated heterocycles. The molecule has 2 aromatic rings. The van der Waals surface area contributed by atoms with Crippen molar-refractivity contribution < 1.29 is 13.2 Å². The molecule has 2 aromatic carbocycles. The molecule has 1 amide bonds. The van der Waals surface area contributed by atoms with E-state index in [-0.39, 0.29) is 6.54 Å². The molecule has 0 heterocycles. The first-order chi connectivity index (χ1) is 11.6. The van der Waals surface area contributed by atoms with Crippen LogP contribution < -0.4 is 9.62 Å². The van der Waals surface area contributed by atoms with E-state index in [1.807, 2.05) is 32.9 Å². The van der Waals surface area contributed by atoms with Crippen LogP contribution in [0.25, 0.3) is 0 Å². The van der Waals surface area contributed by atoms with Gasteiger partial charge < -0.3 is 5.32 Å². The predicted molar refractivity (Wildman–Crippen MR) is 103 cm³/mol. The molecular formula is C18H21ClN2O3S. The number of hydrogen-bond acceptors (Lipinski definition) is 3. The van der Waals surface area contributed by atoms with Crippen molar-refractivity contribution in [3.63, 3.8) is 0 Å². The molecule has 0 saturated carbocycles. The molecule has 2 rings (SSSR count). The van der Waals surface area contributed by atoms with Gasteiger partial charge in [-0.2, -0.15) is 0 Å². The molecule has 0 aromatic heterocycles. The number of aryl methyl sites for hydroxylation is 3. The standard InChI is InChI=1S/C18H21ClN2O3S/c1-12-9-13(2)18(14(3)10-12)20-17(22)11-21(25(4,23)24)16-7-5-15(19)6-8-16/h5-10H,11H2,1-4H3,(H,20,22). The summed E-state index contributed by atoms with van der Waals surface area (Å²) in [5, 5.41) is 3.31. The Morgan fingerprint density at radius 2 is 1.60 bits per heavy atom. The molecule has 0 spiro atoms. The average Bonchev–Trinajstić information content (AvgIpc) is 2.48. The first-order valence-electron chi connectivity index (χ1n) is 7.69. The first-order valence-corrected chi connectivity index (χ1v) is 9.91. The normalized spacial score (nSPS) is 11.2. The molecule has 0 aliphatic heterocycles. The Labute approximate surface area is 153 Å². The molecule has 0 unspecified atom stereocenters. The van der Waals surface area contributed by atoms with Gasteiger partial charge in [-0.25, -0.2) is 8.42 Å². The van der Waals surface area contributed by atoms with Gasteiger partial charge in [-0.15, -0.1) is 0 Å². The summed E-state index contributed by atoms with van der Waals surface area (Å²) in [6.07, 6.45) is 1.07. The van der Waals surface area contributed by atoms with Crippen molar-refractivity contribution in [1.82, 2.24) is 0 Å². The second-order valence-corrected chi connectivity index (χ2v) is 8.41. The van der Waals surface area contributed by atoms with E-state index < -0.39 is 15.9 Å². The van der Waals surface area contributed by atoms with E-state index in [1.54, 1.807) is 24.3 Å². The SMILES string of the molecule is Cc1cc(C)c(NC(=O)CN(c2ccc(Cl)cc2)S(C)(=O)=O)c(C)c1. The average molecular weight is 381 g/mol. The zero-order valence-electron chi connectivity index (χ0n) is 14.6. The number of carbonyl (C=O) groups is 1.